The van der Waals surface area contributed by atoms with Gasteiger partial charge < -0.3 is 24.4 Å². The highest BCUT2D eigenvalue weighted by Crippen LogP contribution is 2.53. The van der Waals surface area contributed by atoms with Crippen molar-refractivity contribution in [2.45, 2.75) is 31.4 Å². The molecule has 2 aromatic rings. The number of para-hydroxylation sites is 1. The minimum Gasteiger partial charge on any atom is -0.507 e. The maximum atomic E-state index is 13.9. The summed E-state index contributed by atoms with van der Waals surface area (Å²) >= 11 is 0. The Morgan fingerprint density at radius 1 is 1.15 bits per heavy atom. The lowest BCUT2D eigenvalue weighted by Crippen LogP contribution is -2.53. The summed E-state index contributed by atoms with van der Waals surface area (Å²) < 4.78 is 11.2. The first-order chi connectivity index (χ1) is 16.4. The number of nitrogens with zero attached hydrogens (tertiary/aromatic N) is 2. The van der Waals surface area contributed by atoms with E-state index < -0.39 is 28.9 Å². The molecule has 0 aromatic heterocycles. The highest BCUT2D eigenvalue weighted by atomic mass is 16.5. The maximum Gasteiger partial charge on any atom is 0.296 e. The lowest BCUT2D eigenvalue weighted by molar-refractivity contribution is -0.145. The standard InChI is InChI=1S/C26H26N2O6/c1-3-33-17-12-10-16(11-13-17)22(29)21-23(30)24(31)28(15-18-7-6-14-34-18)26(21)19-8-4-5-9-20(19)27(2)25(26)32/h4-5,8-13,18,29H,3,6-7,14-15H2,1-2H3/b22-21-. The summed E-state index contributed by atoms with van der Waals surface area (Å²) in [6.45, 7) is 3.00. The Kier molecular flexibility index (Phi) is 5.40. The molecule has 0 radical (unpaired) electrons. The van der Waals surface area contributed by atoms with Crippen LogP contribution in [-0.2, 0) is 24.7 Å². The molecule has 3 aliphatic heterocycles. The number of ether oxygens (including phenoxy) is 2. The Morgan fingerprint density at radius 2 is 1.88 bits per heavy atom. The second kappa shape index (κ2) is 8.29. The molecular formula is C26H26N2O6. The summed E-state index contributed by atoms with van der Waals surface area (Å²) in [5.74, 6) is -1.95. The Hall–Kier alpha value is -3.65. The molecule has 2 fully saturated rings. The Labute approximate surface area is 197 Å². The van der Waals surface area contributed by atoms with Gasteiger partial charge in [0.1, 0.15) is 11.5 Å². The number of hydrogen-bond donors (Lipinski definition) is 1. The number of amides is 2. The fourth-order valence-electron chi connectivity index (χ4n) is 5.23. The number of Topliss-reactive ketones (excluding diaryl/α,β-unsaturated/α-hetero) is 1. The van der Waals surface area contributed by atoms with Gasteiger partial charge in [-0.15, -0.1) is 0 Å². The van der Waals surface area contributed by atoms with Crippen LogP contribution in [0.3, 0.4) is 0 Å². The first-order valence-corrected chi connectivity index (χ1v) is 11.4. The maximum absolute atomic E-state index is 13.9. The molecule has 5 rings (SSSR count). The van der Waals surface area contributed by atoms with E-state index in [0.29, 0.717) is 35.8 Å². The van der Waals surface area contributed by atoms with Crippen molar-refractivity contribution in [1.82, 2.24) is 4.90 Å². The third-order valence-electron chi connectivity index (χ3n) is 6.79. The van der Waals surface area contributed by atoms with E-state index in [-0.39, 0.29) is 18.2 Å². The molecule has 8 heteroatoms. The molecule has 34 heavy (non-hydrogen) atoms. The van der Waals surface area contributed by atoms with Crippen LogP contribution >= 0.6 is 0 Å². The molecule has 3 heterocycles. The second-order valence-corrected chi connectivity index (χ2v) is 8.65. The Bertz CT molecular complexity index is 1200. The van der Waals surface area contributed by atoms with Crippen molar-refractivity contribution in [1.29, 1.82) is 0 Å². The first-order valence-electron chi connectivity index (χ1n) is 11.4. The monoisotopic (exact) mass is 462 g/mol. The number of aliphatic hydroxyl groups is 1. The Morgan fingerprint density at radius 3 is 2.56 bits per heavy atom. The van der Waals surface area contributed by atoms with Crippen LogP contribution in [0, 0.1) is 0 Å². The number of anilines is 1. The molecule has 2 amide bonds. The van der Waals surface area contributed by atoms with Gasteiger partial charge >= 0.3 is 0 Å². The van der Waals surface area contributed by atoms with Gasteiger partial charge in [-0.25, -0.2) is 0 Å². The number of likely N-dealkylation sites (tertiary alicyclic amines) is 1. The van der Waals surface area contributed by atoms with Crippen LogP contribution in [0.4, 0.5) is 5.69 Å². The van der Waals surface area contributed by atoms with Gasteiger partial charge in [-0.1, -0.05) is 18.2 Å². The largest absolute Gasteiger partial charge is 0.507 e. The van der Waals surface area contributed by atoms with Gasteiger partial charge in [-0.2, -0.15) is 0 Å². The van der Waals surface area contributed by atoms with Crippen LogP contribution in [-0.4, -0.2) is 60.5 Å². The van der Waals surface area contributed by atoms with Crippen molar-refractivity contribution in [2.75, 3.05) is 31.7 Å². The van der Waals surface area contributed by atoms with E-state index in [0.717, 1.165) is 12.8 Å². The lowest BCUT2D eigenvalue weighted by atomic mass is 9.81. The molecule has 8 nitrogen and oxygen atoms in total. The molecule has 2 unspecified atom stereocenters. The second-order valence-electron chi connectivity index (χ2n) is 8.65. The van der Waals surface area contributed by atoms with Crippen LogP contribution in [0.15, 0.2) is 54.1 Å². The molecule has 3 aliphatic rings. The minimum atomic E-state index is -1.76. The number of carbonyl (C=O) groups is 3. The zero-order valence-electron chi connectivity index (χ0n) is 19.1. The van der Waals surface area contributed by atoms with E-state index in [4.69, 9.17) is 9.47 Å². The number of fused-ring (bicyclic) bond motifs is 2. The fraction of sp³-hybridized carbons (Fsp3) is 0.346. The van der Waals surface area contributed by atoms with Crippen LogP contribution in [0.2, 0.25) is 0 Å². The highest BCUT2D eigenvalue weighted by molar-refractivity contribution is 6.50. The van der Waals surface area contributed by atoms with Crippen molar-refractivity contribution in [3.05, 3.63) is 65.2 Å². The molecule has 1 spiro atoms. The zero-order chi connectivity index (χ0) is 24.0. The Balaban J connectivity index is 1.73. The van der Waals surface area contributed by atoms with Crippen molar-refractivity contribution in [2.24, 2.45) is 0 Å². The van der Waals surface area contributed by atoms with Gasteiger partial charge in [0.2, 0.25) is 0 Å². The van der Waals surface area contributed by atoms with Crippen molar-refractivity contribution in [3.8, 4) is 5.75 Å². The number of rotatable bonds is 5. The normalized spacial score (nSPS) is 25.5. The number of hydrogen-bond acceptors (Lipinski definition) is 6. The van der Waals surface area contributed by atoms with Crippen LogP contribution in [0.25, 0.3) is 5.76 Å². The van der Waals surface area contributed by atoms with Crippen molar-refractivity contribution < 1.29 is 29.0 Å². The number of ketones is 1. The summed E-state index contributed by atoms with van der Waals surface area (Å²) in [6.07, 6.45) is 1.29. The van der Waals surface area contributed by atoms with E-state index in [1.165, 1.54) is 9.80 Å². The fourth-order valence-corrected chi connectivity index (χ4v) is 5.23. The molecule has 0 bridgehead atoms. The molecule has 176 valence electrons. The van der Waals surface area contributed by atoms with E-state index >= 15 is 0 Å². The number of likely N-dealkylation sites (N-methyl/N-ethyl adjacent to an activating group) is 1. The average molecular weight is 463 g/mol. The van der Waals surface area contributed by atoms with E-state index in [9.17, 15) is 19.5 Å². The molecule has 2 aromatic carbocycles. The van der Waals surface area contributed by atoms with Crippen LogP contribution < -0.4 is 9.64 Å². The van der Waals surface area contributed by atoms with Crippen LogP contribution in [0.1, 0.15) is 30.9 Å². The topological polar surface area (TPSA) is 96.4 Å². The quantitative estimate of drug-likeness (QED) is 0.417. The van der Waals surface area contributed by atoms with Gasteiger partial charge in [-0.05, 0) is 50.1 Å². The predicted molar refractivity (Wildman–Crippen MR) is 124 cm³/mol. The number of aliphatic hydroxyl groups excluding tert-OH is 1. The molecule has 2 saturated heterocycles. The van der Waals surface area contributed by atoms with Gasteiger partial charge in [0, 0.05) is 37.0 Å². The van der Waals surface area contributed by atoms with Crippen LogP contribution in [0.5, 0.6) is 5.75 Å². The summed E-state index contributed by atoms with van der Waals surface area (Å²) in [5, 5.41) is 11.4. The zero-order valence-corrected chi connectivity index (χ0v) is 19.1. The SMILES string of the molecule is CCOc1ccc(/C(O)=C2\C(=O)C(=O)N(CC3CCCO3)C23C(=O)N(C)c2ccccc23)cc1. The third kappa shape index (κ3) is 3.05. The summed E-state index contributed by atoms with van der Waals surface area (Å²) in [4.78, 5) is 43.5. The van der Waals surface area contributed by atoms with Crippen molar-refractivity contribution in [3.63, 3.8) is 0 Å². The smallest absolute Gasteiger partial charge is 0.296 e. The number of benzene rings is 2. The third-order valence-corrected chi connectivity index (χ3v) is 6.79. The highest BCUT2D eigenvalue weighted by Gasteiger charge is 2.66. The lowest BCUT2D eigenvalue weighted by Gasteiger charge is -2.35. The van der Waals surface area contributed by atoms with E-state index in [2.05, 4.69) is 0 Å². The van der Waals surface area contributed by atoms with Gasteiger partial charge in [0.05, 0.1) is 18.3 Å². The molecular weight excluding hydrogens is 436 g/mol. The molecule has 2 atom stereocenters. The first kappa shape index (κ1) is 22.2. The summed E-state index contributed by atoms with van der Waals surface area (Å²) in [5.41, 5.74) is -0.579. The summed E-state index contributed by atoms with van der Waals surface area (Å²) in [7, 11) is 1.61. The van der Waals surface area contributed by atoms with E-state index in [1.54, 1.807) is 55.6 Å². The van der Waals surface area contributed by atoms with Crippen molar-refractivity contribution >= 4 is 29.0 Å². The molecule has 0 aliphatic carbocycles. The minimum absolute atomic E-state index is 0.0819. The predicted octanol–water partition coefficient (Wildman–Crippen LogP) is 2.82. The van der Waals surface area contributed by atoms with Gasteiger partial charge in [0.25, 0.3) is 17.6 Å². The average Bonchev–Trinajstić information content (AvgIpc) is 3.50. The van der Waals surface area contributed by atoms with Gasteiger partial charge in [-0.3, -0.25) is 14.4 Å². The van der Waals surface area contributed by atoms with Gasteiger partial charge in [0.15, 0.2) is 5.54 Å². The summed E-state index contributed by atoms with van der Waals surface area (Å²) in [6, 6.07) is 13.6. The van der Waals surface area contributed by atoms with E-state index in [1.807, 2.05) is 6.92 Å². The number of carbonyl (C=O) groups excluding carboxylic acids is 3. The molecule has 0 saturated carbocycles. The molecule has 1 N–H and O–H groups in total.